The van der Waals surface area contributed by atoms with Crippen LogP contribution in [0.5, 0.6) is 5.75 Å². The predicted molar refractivity (Wildman–Crippen MR) is 102 cm³/mol. The number of aromatic nitrogens is 2. The highest BCUT2D eigenvalue weighted by molar-refractivity contribution is 5.95. The summed E-state index contributed by atoms with van der Waals surface area (Å²) < 4.78 is 9.48. The summed E-state index contributed by atoms with van der Waals surface area (Å²) in [5.74, 6) is 1.86. The van der Waals surface area contributed by atoms with Crippen LogP contribution in [0.25, 0.3) is 11.3 Å². The molecule has 2 aromatic carbocycles. The van der Waals surface area contributed by atoms with Gasteiger partial charge in [-0.2, -0.15) is 0 Å². The zero-order valence-corrected chi connectivity index (χ0v) is 15.5. The van der Waals surface area contributed by atoms with E-state index in [1.54, 1.807) is 7.11 Å². The molecule has 0 spiro atoms. The molecule has 7 nitrogen and oxygen atoms in total. The van der Waals surface area contributed by atoms with E-state index in [0.717, 1.165) is 42.2 Å². The van der Waals surface area contributed by atoms with E-state index in [0.29, 0.717) is 5.56 Å². The smallest absolute Gasteiger partial charge is 0.269 e. The van der Waals surface area contributed by atoms with E-state index in [1.807, 2.05) is 35.0 Å². The number of non-ortho nitro benzene ring substituents is 1. The van der Waals surface area contributed by atoms with Crippen LogP contribution in [0.15, 0.2) is 54.7 Å². The lowest BCUT2D eigenvalue weighted by atomic mass is 10.1. The van der Waals surface area contributed by atoms with Gasteiger partial charge < -0.3 is 4.74 Å². The second kappa shape index (κ2) is 7.26. The van der Waals surface area contributed by atoms with Crippen LogP contribution >= 0.6 is 0 Å². The molecule has 0 bridgehead atoms. The third kappa shape index (κ3) is 3.26. The van der Waals surface area contributed by atoms with Gasteiger partial charge in [0.15, 0.2) is 12.2 Å². The van der Waals surface area contributed by atoms with Gasteiger partial charge in [-0.1, -0.05) is 0 Å². The van der Waals surface area contributed by atoms with Crippen molar-refractivity contribution in [1.82, 2.24) is 4.57 Å². The van der Waals surface area contributed by atoms with Crippen molar-refractivity contribution in [3.8, 4) is 17.0 Å². The minimum Gasteiger partial charge on any atom is -0.497 e. The van der Waals surface area contributed by atoms with E-state index in [9.17, 15) is 14.9 Å². The molecule has 0 unspecified atom stereocenters. The third-order valence-corrected chi connectivity index (χ3v) is 5.09. The van der Waals surface area contributed by atoms with Crippen molar-refractivity contribution in [3.05, 3.63) is 76.2 Å². The Kier molecular flexibility index (Phi) is 4.65. The van der Waals surface area contributed by atoms with Crippen LogP contribution in [0.2, 0.25) is 0 Å². The molecule has 0 radical (unpaired) electrons. The number of ether oxygens (including phenoxy) is 1. The Bertz CT molecular complexity index is 1040. The quantitative estimate of drug-likeness (QED) is 0.286. The molecule has 1 aromatic heterocycles. The van der Waals surface area contributed by atoms with Crippen LogP contribution in [0.1, 0.15) is 22.6 Å². The average molecular weight is 378 g/mol. The van der Waals surface area contributed by atoms with E-state index in [-0.39, 0.29) is 18.0 Å². The number of rotatable bonds is 6. The van der Waals surface area contributed by atoms with Crippen molar-refractivity contribution in [2.45, 2.75) is 25.9 Å². The number of carbonyl (C=O) groups excluding carboxylic acids is 1. The summed E-state index contributed by atoms with van der Waals surface area (Å²) in [5.41, 5.74) is 2.61. The molecular formula is C21H20N3O4+. The van der Waals surface area contributed by atoms with Crippen LogP contribution in [-0.4, -0.2) is 22.4 Å². The van der Waals surface area contributed by atoms with Gasteiger partial charge in [-0.3, -0.25) is 14.9 Å². The molecule has 0 atom stereocenters. The minimum atomic E-state index is -0.467. The van der Waals surface area contributed by atoms with E-state index in [2.05, 4.69) is 4.57 Å². The van der Waals surface area contributed by atoms with E-state index in [1.165, 1.54) is 24.3 Å². The number of benzene rings is 2. The molecular weight excluding hydrogens is 358 g/mol. The Morgan fingerprint density at radius 1 is 1.18 bits per heavy atom. The fourth-order valence-electron chi connectivity index (χ4n) is 3.65. The Morgan fingerprint density at radius 3 is 2.54 bits per heavy atom. The Hall–Kier alpha value is -3.48. The number of hydrogen-bond donors (Lipinski definition) is 0. The Balaban J connectivity index is 1.61. The molecule has 0 fully saturated rings. The van der Waals surface area contributed by atoms with Gasteiger partial charge in [-0.25, -0.2) is 9.13 Å². The van der Waals surface area contributed by atoms with Gasteiger partial charge in [0.1, 0.15) is 11.9 Å². The van der Waals surface area contributed by atoms with Gasteiger partial charge in [-0.05, 0) is 42.8 Å². The number of hydrogen-bond acceptors (Lipinski definition) is 4. The summed E-state index contributed by atoms with van der Waals surface area (Å²) in [6.07, 6.45) is 3.98. The summed E-state index contributed by atoms with van der Waals surface area (Å²) in [7, 11) is 1.64. The number of carbonyl (C=O) groups is 1. The van der Waals surface area contributed by atoms with Gasteiger partial charge in [0.05, 0.1) is 25.0 Å². The number of fused-ring (bicyclic) bond motifs is 1. The number of nitro groups is 1. The number of methoxy groups -OCH3 is 1. The Morgan fingerprint density at radius 2 is 1.89 bits per heavy atom. The first kappa shape index (κ1) is 17.9. The predicted octanol–water partition coefficient (Wildman–Crippen LogP) is 3.19. The lowest BCUT2D eigenvalue weighted by Crippen LogP contribution is -2.40. The molecule has 0 N–H and O–H groups in total. The maximum Gasteiger partial charge on any atom is 0.269 e. The lowest BCUT2D eigenvalue weighted by molar-refractivity contribution is -0.689. The number of ketones is 1. The largest absolute Gasteiger partial charge is 0.497 e. The van der Waals surface area contributed by atoms with Gasteiger partial charge in [0.25, 0.3) is 11.5 Å². The summed E-state index contributed by atoms with van der Waals surface area (Å²) >= 11 is 0. The molecule has 1 aliphatic rings. The molecule has 3 aromatic rings. The van der Waals surface area contributed by atoms with Crippen molar-refractivity contribution in [2.75, 3.05) is 7.11 Å². The van der Waals surface area contributed by atoms with Crippen LogP contribution in [-0.2, 0) is 19.5 Å². The molecule has 7 heteroatoms. The molecule has 0 amide bonds. The fourth-order valence-corrected chi connectivity index (χ4v) is 3.65. The first-order chi connectivity index (χ1) is 13.6. The highest BCUT2D eigenvalue weighted by Crippen LogP contribution is 2.26. The summed E-state index contributed by atoms with van der Waals surface area (Å²) in [4.78, 5) is 23.0. The summed E-state index contributed by atoms with van der Waals surface area (Å²) in [6.45, 7) is 1.14. The fraction of sp³-hybridized carbons (Fsp3) is 0.238. The first-order valence-electron chi connectivity index (χ1n) is 9.11. The van der Waals surface area contributed by atoms with Crippen molar-refractivity contribution in [2.24, 2.45) is 0 Å². The van der Waals surface area contributed by atoms with Crippen LogP contribution in [0, 0.1) is 10.1 Å². The number of imidazole rings is 1. The lowest BCUT2D eigenvalue weighted by Gasteiger charge is -2.01. The normalized spacial score (nSPS) is 12.6. The average Bonchev–Trinajstić information content (AvgIpc) is 3.32. The maximum atomic E-state index is 12.7. The first-order valence-corrected chi connectivity index (χ1v) is 9.11. The number of nitro benzene ring substituents is 1. The monoisotopic (exact) mass is 378 g/mol. The topological polar surface area (TPSA) is 78.2 Å². The van der Waals surface area contributed by atoms with Crippen LogP contribution in [0.4, 0.5) is 5.69 Å². The second-order valence-corrected chi connectivity index (χ2v) is 6.77. The van der Waals surface area contributed by atoms with Gasteiger partial charge in [0.2, 0.25) is 5.78 Å². The molecule has 142 valence electrons. The maximum absolute atomic E-state index is 12.7. The zero-order valence-electron chi connectivity index (χ0n) is 15.5. The molecule has 2 heterocycles. The standard InChI is InChI=1S/C21H20N3O4/c1-28-18-10-6-15(7-11-18)19-13-22(21-3-2-12-23(19)21)14-20(25)16-4-8-17(9-5-16)24(26)27/h4-11,13H,2-3,12,14H2,1H3/q+1. The van der Waals surface area contributed by atoms with E-state index >= 15 is 0 Å². The highest BCUT2D eigenvalue weighted by atomic mass is 16.6. The molecule has 4 rings (SSSR count). The van der Waals surface area contributed by atoms with Gasteiger partial charge in [-0.15, -0.1) is 0 Å². The zero-order chi connectivity index (χ0) is 19.7. The van der Waals surface area contributed by atoms with Crippen LogP contribution in [0.3, 0.4) is 0 Å². The second-order valence-electron chi connectivity index (χ2n) is 6.77. The number of Topliss-reactive ketones (excluding diaryl/α,β-unsaturated/α-hetero) is 1. The molecule has 0 saturated carbocycles. The summed E-state index contributed by atoms with van der Waals surface area (Å²) in [5, 5.41) is 10.8. The SMILES string of the molecule is COc1ccc(-c2c[n+](CC(=O)c3ccc([N+](=O)[O-])cc3)c3n2CCC3)cc1. The highest BCUT2D eigenvalue weighted by Gasteiger charge is 2.29. The molecule has 1 aliphatic heterocycles. The molecule has 0 aliphatic carbocycles. The summed E-state index contributed by atoms with van der Waals surface area (Å²) in [6, 6.07) is 13.6. The van der Waals surface area contributed by atoms with Gasteiger partial charge in [0, 0.05) is 23.3 Å². The van der Waals surface area contributed by atoms with E-state index in [4.69, 9.17) is 4.74 Å². The van der Waals surface area contributed by atoms with Gasteiger partial charge >= 0.3 is 0 Å². The van der Waals surface area contributed by atoms with Crippen LogP contribution < -0.4 is 9.30 Å². The Labute approximate surface area is 162 Å². The van der Waals surface area contributed by atoms with Crippen molar-refractivity contribution in [3.63, 3.8) is 0 Å². The van der Waals surface area contributed by atoms with Crippen molar-refractivity contribution >= 4 is 11.5 Å². The molecule has 0 saturated heterocycles. The van der Waals surface area contributed by atoms with E-state index < -0.39 is 4.92 Å². The van der Waals surface area contributed by atoms with Crippen molar-refractivity contribution < 1.29 is 19.0 Å². The van der Waals surface area contributed by atoms with Crippen molar-refractivity contribution in [1.29, 1.82) is 0 Å². The molecule has 28 heavy (non-hydrogen) atoms. The minimum absolute atomic E-state index is 0.0178. The third-order valence-electron chi connectivity index (χ3n) is 5.09. The number of nitrogens with zero attached hydrogens (tertiary/aromatic N) is 3.